The maximum absolute atomic E-state index is 11.7. The van der Waals surface area contributed by atoms with Gasteiger partial charge in [-0.2, -0.15) is 5.10 Å². The molecule has 7 nitrogen and oxygen atoms in total. The first-order valence-electron chi connectivity index (χ1n) is 8.77. The van der Waals surface area contributed by atoms with E-state index in [1.54, 1.807) is 6.20 Å². The van der Waals surface area contributed by atoms with E-state index in [0.29, 0.717) is 10.8 Å². The van der Waals surface area contributed by atoms with E-state index in [0.717, 1.165) is 22.4 Å². The van der Waals surface area contributed by atoms with Gasteiger partial charge in [-0.1, -0.05) is 30.8 Å². The van der Waals surface area contributed by atoms with Gasteiger partial charge in [0.1, 0.15) is 5.60 Å². The molecule has 1 aromatic carbocycles. The number of hydrogen-bond donors (Lipinski definition) is 3. The number of nitrogens with zero attached hydrogens (tertiary/aromatic N) is 2. The van der Waals surface area contributed by atoms with Gasteiger partial charge in [-0.05, 0) is 26.3 Å². The molecule has 0 aliphatic heterocycles. The molecule has 0 saturated heterocycles. The van der Waals surface area contributed by atoms with Crippen molar-refractivity contribution in [1.29, 1.82) is 0 Å². The minimum Gasteiger partial charge on any atom is -0.444 e. The molecular weight excluding hydrogens is 374 g/mol. The van der Waals surface area contributed by atoms with Gasteiger partial charge in [0.05, 0.1) is 18.4 Å². The van der Waals surface area contributed by atoms with E-state index in [1.807, 2.05) is 56.6 Å². The highest BCUT2D eigenvalue weighted by Gasteiger charge is 2.16. The van der Waals surface area contributed by atoms with E-state index in [-0.39, 0.29) is 6.54 Å². The minimum absolute atomic E-state index is 0.245. The fourth-order valence-corrected chi connectivity index (χ4v) is 3.26. The molecule has 0 fully saturated rings. The molecule has 2 aromatic heterocycles. The van der Waals surface area contributed by atoms with E-state index in [4.69, 9.17) is 4.74 Å². The zero-order valence-corrected chi connectivity index (χ0v) is 16.9. The van der Waals surface area contributed by atoms with Crippen LogP contribution in [0.15, 0.2) is 54.3 Å². The van der Waals surface area contributed by atoms with Crippen LogP contribution in [0.1, 0.15) is 20.8 Å². The summed E-state index contributed by atoms with van der Waals surface area (Å²) in [5, 5.41) is 15.3. The number of anilines is 1. The highest BCUT2D eigenvalue weighted by atomic mass is 32.1. The number of rotatable bonds is 6. The van der Waals surface area contributed by atoms with Crippen molar-refractivity contribution in [2.24, 2.45) is 0 Å². The second-order valence-corrected chi connectivity index (χ2v) is 8.01. The Hall–Kier alpha value is -3.13. The maximum Gasteiger partial charge on any atom is 0.407 e. The van der Waals surface area contributed by atoms with Gasteiger partial charge in [0.15, 0.2) is 5.13 Å². The summed E-state index contributed by atoms with van der Waals surface area (Å²) in [5.74, 6) is 0. The van der Waals surface area contributed by atoms with Gasteiger partial charge >= 0.3 is 6.09 Å². The van der Waals surface area contributed by atoms with Gasteiger partial charge in [-0.25, -0.2) is 9.78 Å². The molecule has 3 N–H and O–H groups in total. The molecule has 3 aromatic rings. The Kier molecular flexibility index (Phi) is 5.79. The van der Waals surface area contributed by atoms with Crippen LogP contribution in [0.5, 0.6) is 0 Å². The third-order valence-electron chi connectivity index (χ3n) is 3.65. The summed E-state index contributed by atoms with van der Waals surface area (Å²) < 4.78 is 5.21. The molecule has 0 unspecified atom stereocenters. The number of ether oxygens (including phenoxy) is 1. The molecule has 0 aliphatic rings. The number of carbonyl (C=O) groups is 1. The van der Waals surface area contributed by atoms with Crippen LogP contribution in [-0.4, -0.2) is 33.4 Å². The Morgan fingerprint density at radius 2 is 2.04 bits per heavy atom. The average Bonchev–Trinajstić information content (AvgIpc) is 3.30. The van der Waals surface area contributed by atoms with Crippen LogP contribution >= 0.6 is 11.3 Å². The van der Waals surface area contributed by atoms with Crippen LogP contribution in [0, 0.1) is 0 Å². The fourth-order valence-electron chi connectivity index (χ4n) is 2.50. The van der Waals surface area contributed by atoms with Gasteiger partial charge in [0, 0.05) is 28.4 Å². The summed E-state index contributed by atoms with van der Waals surface area (Å²) >= 11 is 1.47. The van der Waals surface area contributed by atoms with Crippen molar-refractivity contribution < 1.29 is 9.53 Å². The molecule has 0 radical (unpaired) electrons. The van der Waals surface area contributed by atoms with Crippen molar-refractivity contribution in [2.75, 3.05) is 11.9 Å². The smallest absolute Gasteiger partial charge is 0.407 e. The van der Waals surface area contributed by atoms with Gasteiger partial charge < -0.3 is 15.4 Å². The zero-order valence-electron chi connectivity index (χ0n) is 16.1. The van der Waals surface area contributed by atoms with Gasteiger partial charge in [-0.3, -0.25) is 5.10 Å². The molecule has 0 saturated carbocycles. The predicted octanol–water partition coefficient (Wildman–Crippen LogP) is 4.65. The predicted molar refractivity (Wildman–Crippen MR) is 112 cm³/mol. The standard InChI is InChI=1S/C20H23N5O2S/c1-13(9-21-19(26)27-20(2,3)4)24-18-25-17(12-28-18)16-8-6-5-7-15(16)14-10-22-23-11-14/h5-8,10-12H,1,9H2,2-4H3,(H,21,26)(H,22,23)(H,24,25). The Labute approximate surface area is 167 Å². The number of nitrogens with one attached hydrogen (secondary N) is 3. The van der Waals surface area contributed by atoms with Crippen molar-refractivity contribution in [2.45, 2.75) is 26.4 Å². The van der Waals surface area contributed by atoms with Crippen LogP contribution in [0.3, 0.4) is 0 Å². The lowest BCUT2D eigenvalue weighted by Crippen LogP contribution is -2.34. The van der Waals surface area contributed by atoms with Crippen LogP contribution in [0.2, 0.25) is 0 Å². The van der Waals surface area contributed by atoms with Crippen LogP contribution in [-0.2, 0) is 4.74 Å². The molecule has 0 aliphatic carbocycles. The second-order valence-electron chi connectivity index (χ2n) is 7.15. The first-order valence-corrected chi connectivity index (χ1v) is 9.65. The molecule has 0 atom stereocenters. The summed E-state index contributed by atoms with van der Waals surface area (Å²) in [4.78, 5) is 16.4. The molecular formula is C20H23N5O2S. The first-order chi connectivity index (χ1) is 13.3. The Balaban J connectivity index is 1.64. The lowest BCUT2D eigenvalue weighted by atomic mass is 10.0. The lowest BCUT2D eigenvalue weighted by molar-refractivity contribution is 0.0533. The molecule has 28 heavy (non-hydrogen) atoms. The van der Waals surface area contributed by atoms with Crippen molar-refractivity contribution in [3.63, 3.8) is 0 Å². The first kappa shape index (κ1) is 19.6. The third-order valence-corrected chi connectivity index (χ3v) is 4.40. The molecule has 146 valence electrons. The SMILES string of the molecule is C=C(CNC(=O)OC(C)(C)C)Nc1nc(-c2ccccc2-c2cn[nH]c2)cs1. The summed E-state index contributed by atoms with van der Waals surface area (Å²) in [6.07, 6.45) is 3.16. The number of aromatic nitrogens is 3. The van der Waals surface area contributed by atoms with E-state index >= 15 is 0 Å². The van der Waals surface area contributed by atoms with Crippen LogP contribution < -0.4 is 10.6 Å². The molecule has 0 spiro atoms. The number of hydrogen-bond acceptors (Lipinski definition) is 6. The monoisotopic (exact) mass is 397 g/mol. The number of aromatic amines is 1. The molecule has 0 bridgehead atoms. The summed E-state index contributed by atoms with van der Waals surface area (Å²) in [6.45, 7) is 9.63. The molecule has 1 amide bonds. The Morgan fingerprint density at radius 1 is 1.29 bits per heavy atom. The summed E-state index contributed by atoms with van der Waals surface area (Å²) in [5.41, 5.74) is 4.02. The molecule has 8 heteroatoms. The number of H-pyrrole nitrogens is 1. The number of benzene rings is 1. The number of thiazole rings is 1. The van der Waals surface area contributed by atoms with E-state index < -0.39 is 11.7 Å². The summed E-state index contributed by atoms with van der Waals surface area (Å²) in [6, 6.07) is 8.03. The van der Waals surface area contributed by atoms with Crippen LogP contribution in [0.25, 0.3) is 22.4 Å². The van der Waals surface area contributed by atoms with E-state index in [1.165, 1.54) is 11.3 Å². The van der Waals surface area contributed by atoms with Crippen molar-refractivity contribution in [1.82, 2.24) is 20.5 Å². The van der Waals surface area contributed by atoms with Crippen molar-refractivity contribution in [3.8, 4) is 22.4 Å². The topological polar surface area (TPSA) is 91.9 Å². The highest BCUT2D eigenvalue weighted by molar-refractivity contribution is 7.14. The lowest BCUT2D eigenvalue weighted by Gasteiger charge is -2.20. The normalized spacial score (nSPS) is 11.1. The van der Waals surface area contributed by atoms with E-state index in [9.17, 15) is 4.79 Å². The minimum atomic E-state index is -0.536. The highest BCUT2D eigenvalue weighted by Crippen LogP contribution is 2.33. The van der Waals surface area contributed by atoms with Crippen LogP contribution in [0.4, 0.5) is 9.93 Å². The maximum atomic E-state index is 11.7. The Morgan fingerprint density at radius 3 is 2.71 bits per heavy atom. The zero-order chi connectivity index (χ0) is 20.1. The largest absolute Gasteiger partial charge is 0.444 e. The number of alkyl carbamates (subject to hydrolysis) is 1. The van der Waals surface area contributed by atoms with Crippen molar-refractivity contribution in [3.05, 3.63) is 54.3 Å². The quantitative estimate of drug-likeness (QED) is 0.563. The van der Waals surface area contributed by atoms with E-state index in [2.05, 4.69) is 32.4 Å². The number of amides is 1. The molecule has 2 heterocycles. The second kappa shape index (κ2) is 8.26. The van der Waals surface area contributed by atoms with Gasteiger partial charge in [0.25, 0.3) is 0 Å². The Bertz CT molecular complexity index is 957. The van der Waals surface area contributed by atoms with Crippen molar-refractivity contribution >= 4 is 22.6 Å². The average molecular weight is 398 g/mol. The van der Waals surface area contributed by atoms with Gasteiger partial charge in [0.2, 0.25) is 0 Å². The molecule has 3 rings (SSSR count). The third kappa shape index (κ3) is 5.20. The van der Waals surface area contributed by atoms with Gasteiger partial charge in [-0.15, -0.1) is 11.3 Å². The fraction of sp³-hybridized carbons (Fsp3) is 0.250. The summed E-state index contributed by atoms with van der Waals surface area (Å²) in [7, 11) is 0. The number of carbonyl (C=O) groups excluding carboxylic acids is 1.